The normalized spacial score (nSPS) is 12.8. The highest BCUT2D eigenvalue weighted by Crippen LogP contribution is 2.32. The van der Waals surface area contributed by atoms with Gasteiger partial charge in [-0.05, 0) is 71.5 Å². The second-order valence-corrected chi connectivity index (χ2v) is 10.7. The van der Waals surface area contributed by atoms with Gasteiger partial charge in [0.1, 0.15) is 5.75 Å². The average Bonchev–Trinajstić information content (AvgIpc) is 2.77. The number of amides is 1. The number of carbonyl (C=O) groups is 1. The van der Waals surface area contributed by atoms with Crippen molar-refractivity contribution in [2.24, 2.45) is 0 Å². The predicted octanol–water partition coefficient (Wildman–Crippen LogP) is 4.78. The lowest BCUT2D eigenvalue weighted by atomic mass is 9.93. The molecule has 0 saturated heterocycles. The molecule has 0 saturated carbocycles. The number of ether oxygens (including phenoxy) is 1. The number of rotatable bonds is 8. The smallest absolute Gasteiger partial charge is 0.243 e. The summed E-state index contributed by atoms with van der Waals surface area (Å²) in [4.78, 5) is 12.9. The van der Waals surface area contributed by atoms with Crippen LogP contribution in [-0.2, 0) is 14.8 Å². The number of likely N-dealkylation sites (N-methyl/N-ethyl adjacent to an activating group) is 1. The fourth-order valence-corrected chi connectivity index (χ4v) is 5.13. The molecule has 3 aromatic rings. The first-order valence-corrected chi connectivity index (χ1v) is 12.4. The Morgan fingerprint density at radius 3 is 2.30 bits per heavy atom. The van der Waals surface area contributed by atoms with Crippen LogP contribution in [0, 0.1) is 6.92 Å². The molecule has 0 spiro atoms. The van der Waals surface area contributed by atoms with Gasteiger partial charge in [-0.1, -0.05) is 44.2 Å². The van der Waals surface area contributed by atoms with Gasteiger partial charge in [-0.25, -0.2) is 8.42 Å². The van der Waals surface area contributed by atoms with E-state index in [0.717, 1.165) is 37.5 Å². The third-order valence-corrected chi connectivity index (χ3v) is 7.68. The molecule has 0 aliphatic heterocycles. The zero-order valence-electron chi connectivity index (χ0n) is 20.0. The molecule has 6 nitrogen and oxygen atoms in total. The van der Waals surface area contributed by atoms with Gasteiger partial charge in [0.2, 0.25) is 15.9 Å². The maximum Gasteiger partial charge on any atom is 0.243 e. The number of hydrogen-bond acceptors (Lipinski definition) is 4. The first-order valence-electron chi connectivity index (χ1n) is 11.0. The molecule has 0 bridgehead atoms. The van der Waals surface area contributed by atoms with Gasteiger partial charge in [-0.2, -0.15) is 4.31 Å². The van der Waals surface area contributed by atoms with E-state index in [1.807, 2.05) is 44.2 Å². The van der Waals surface area contributed by atoms with Crippen molar-refractivity contribution in [1.29, 1.82) is 0 Å². The Balaban J connectivity index is 1.75. The van der Waals surface area contributed by atoms with Crippen LogP contribution in [0.1, 0.15) is 49.4 Å². The van der Waals surface area contributed by atoms with Gasteiger partial charge >= 0.3 is 0 Å². The molecule has 0 heterocycles. The molecule has 0 aliphatic carbocycles. The summed E-state index contributed by atoms with van der Waals surface area (Å²) in [6.07, 6.45) is 0. The number of methoxy groups -OCH3 is 1. The number of carbonyl (C=O) groups excluding carboxylic acids is 1. The van der Waals surface area contributed by atoms with E-state index in [4.69, 9.17) is 4.74 Å². The minimum absolute atomic E-state index is 0.164. The summed E-state index contributed by atoms with van der Waals surface area (Å²) in [6, 6.07) is 16.3. The van der Waals surface area contributed by atoms with Crippen LogP contribution in [0.25, 0.3) is 10.8 Å². The van der Waals surface area contributed by atoms with Crippen LogP contribution in [-0.4, -0.2) is 39.3 Å². The van der Waals surface area contributed by atoms with Crippen molar-refractivity contribution in [2.45, 2.75) is 44.6 Å². The van der Waals surface area contributed by atoms with Crippen molar-refractivity contribution < 1.29 is 17.9 Å². The molecule has 7 heteroatoms. The molecule has 0 aliphatic rings. The lowest BCUT2D eigenvalue weighted by molar-refractivity contribution is -0.121. The number of nitrogens with zero attached hydrogens (tertiary/aromatic N) is 1. The summed E-state index contributed by atoms with van der Waals surface area (Å²) < 4.78 is 32.7. The van der Waals surface area contributed by atoms with E-state index in [1.54, 1.807) is 25.3 Å². The predicted molar refractivity (Wildman–Crippen MR) is 132 cm³/mol. The van der Waals surface area contributed by atoms with Crippen molar-refractivity contribution in [3.63, 3.8) is 0 Å². The minimum atomic E-state index is -3.81. The van der Waals surface area contributed by atoms with E-state index >= 15 is 0 Å². The molecule has 1 atom stereocenters. The van der Waals surface area contributed by atoms with Gasteiger partial charge in [0.15, 0.2) is 0 Å². The fourth-order valence-electron chi connectivity index (χ4n) is 3.97. The Morgan fingerprint density at radius 2 is 1.67 bits per heavy atom. The van der Waals surface area contributed by atoms with Crippen molar-refractivity contribution in [3.05, 3.63) is 71.3 Å². The number of hydrogen-bond donors (Lipinski definition) is 1. The van der Waals surface area contributed by atoms with Crippen LogP contribution in [0.15, 0.2) is 59.5 Å². The van der Waals surface area contributed by atoms with Crippen LogP contribution in [0.5, 0.6) is 5.75 Å². The number of nitrogens with one attached hydrogen (secondary N) is 1. The second-order valence-electron chi connectivity index (χ2n) is 8.66. The lowest BCUT2D eigenvalue weighted by Crippen LogP contribution is -2.39. The van der Waals surface area contributed by atoms with E-state index in [-0.39, 0.29) is 29.3 Å². The topological polar surface area (TPSA) is 75.7 Å². The van der Waals surface area contributed by atoms with E-state index < -0.39 is 10.0 Å². The molecule has 33 heavy (non-hydrogen) atoms. The Hall–Kier alpha value is -2.90. The maximum atomic E-state index is 13.0. The van der Waals surface area contributed by atoms with Gasteiger partial charge in [0.25, 0.3) is 0 Å². The van der Waals surface area contributed by atoms with Crippen LogP contribution >= 0.6 is 0 Å². The number of benzene rings is 3. The molecule has 0 aromatic heterocycles. The Morgan fingerprint density at radius 1 is 1.00 bits per heavy atom. The van der Waals surface area contributed by atoms with Gasteiger partial charge in [0, 0.05) is 7.05 Å². The summed E-state index contributed by atoms with van der Waals surface area (Å²) in [5, 5.41) is 4.73. The quantitative estimate of drug-likeness (QED) is 0.516. The summed E-state index contributed by atoms with van der Waals surface area (Å²) in [5.74, 6) is 0.724. The van der Waals surface area contributed by atoms with Gasteiger partial charge < -0.3 is 10.1 Å². The third-order valence-electron chi connectivity index (χ3n) is 5.88. The standard InChI is InChI=1S/C26H32N2O4S/c1-17(2)23-15-24(18(3)13-25(23)32-6)19(4)27-26(29)16-28(5)33(30,31)22-12-11-20-9-7-8-10-21(20)14-22/h7-15,17,19H,16H2,1-6H3,(H,27,29)/t19-/m1/s1. The van der Waals surface area contributed by atoms with Crippen molar-refractivity contribution in [1.82, 2.24) is 9.62 Å². The molecule has 3 aromatic carbocycles. The van der Waals surface area contributed by atoms with Crippen LogP contribution in [0.3, 0.4) is 0 Å². The summed E-state index contributed by atoms with van der Waals surface area (Å²) in [5.41, 5.74) is 3.05. The Kier molecular flexibility index (Phi) is 7.44. The molecule has 1 amide bonds. The average molecular weight is 469 g/mol. The molecule has 0 radical (unpaired) electrons. The summed E-state index contributed by atoms with van der Waals surface area (Å²) in [7, 11) is -0.734. The van der Waals surface area contributed by atoms with E-state index in [2.05, 4.69) is 25.2 Å². The first kappa shape index (κ1) is 24.7. The second kappa shape index (κ2) is 9.93. The summed E-state index contributed by atoms with van der Waals surface area (Å²) >= 11 is 0. The van der Waals surface area contributed by atoms with E-state index in [1.165, 1.54) is 7.05 Å². The lowest BCUT2D eigenvalue weighted by Gasteiger charge is -2.22. The zero-order chi connectivity index (χ0) is 24.3. The molecule has 176 valence electrons. The van der Waals surface area contributed by atoms with E-state index in [9.17, 15) is 13.2 Å². The van der Waals surface area contributed by atoms with Gasteiger partial charge in [-0.3, -0.25) is 4.79 Å². The largest absolute Gasteiger partial charge is 0.496 e. The number of aryl methyl sites for hydroxylation is 1. The maximum absolute atomic E-state index is 13.0. The van der Waals surface area contributed by atoms with Crippen LogP contribution < -0.4 is 10.1 Å². The highest BCUT2D eigenvalue weighted by Gasteiger charge is 2.24. The third kappa shape index (κ3) is 5.37. The van der Waals surface area contributed by atoms with Gasteiger partial charge in [-0.15, -0.1) is 0 Å². The fraction of sp³-hybridized carbons (Fsp3) is 0.346. The monoisotopic (exact) mass is 468 g/mol. The first-order chi connectivity index (χ1) is 15.5. The highest BCUT2D eigenvalue weighted by atomic mass is 32.2. The molecule has 1 N–H and O–H groups in total. The van der Waals surface area contributed by atoms with Crippen molar-refractivity contribution in [3.8, 4) is 5.75 Å². The number of fused-ring (bicyclic) bond motifs is 1. The molecule has 3 rings (SSSR count). The number of sulfonamides is 1. The van der Waals surface area contributed by atoms with Crippen LogP contribution in [0.2, 0.25) is 0 Å². The molecule has 0 unspecified atom stereocenters. The highest BCUT2D eigenvalue weighted by molar-refractivity contribution is 7.89. The van der Waals surface area contributed by atoms with E-state index in [0.29, 0.717) is 0 Å². The summed E-state index contributed by atoms with van der Waals surface area (Å²) in [6.45, 7) is 7.78. The van der Waals surface area contributed by atoms with Gasteiger partial charge in [0.05, 0.1) is 24.6 Å². The molecular formula is C26H32N2O4S. The zero-order valence-corrected chi connectivity index (χ0v) is 20.9. The minimum Gasteiger partial charge on any atom is -0.496 e. The Bertz CT molecular complexity index is 1270. The van der Waals surface area contributed by atoms with Crippen LogP contribution in [0.4, 0.5) is 0 Å². The SMILES string of the molecule is COc1cc(C)c([C@@H](C)NC(=O)CN(C)S(=O)(=O)c2ccc3ccccc3c2)cc1C(C)C. The Labute approximate surface area is 196 Å². The molecular weight excluding hydrogens is 436 g/mol. The molecule has 0 fully saturated rings. The van der Waals surface area contributed by atoms with Crippen molar-refractivity contribution in [2.75, 3.05) is 20.7 Å². The van der Waals surface area contributed by atoms with Crippen molar-refractivity contribution >= 4 is 26.7 Å².